The first-order chi connectivity index (χ1) is 11.2. The van der Waals surface area contributed by atoms with Gasteiger partial charge in [0.1, 0.15) is 11.5 Å². The van der Waals surface area contributed by atoms with Crippen LogP contribution in [0.4, 0.5) is 0 Å². The predicted molar refractivity (Wildman–Crippen MR) is 85.5 cm³/mol. The van der Waals surface area contributed by atoms with Crippen LogP contribution < -0.4 is 0 Å². The maximum Gasteiger partial charge on any atom is 0.224 e. The number of rotatable bonds is 4. The van der Waals surface area contributed by atoms with Crippen LogP contribution in [0.5, 0.6) is 0 Å². The van der Waals surface area contributed by atoms with Crippen molar-refractivity contribution < 1.29 is 9.21 Å². The van der Waals surface area contributed by atoms with Crippen LogP contribution in [0.2, 0.25) is 0 Å². The fourth-order valence-corrected chi connectivity index (χ4v) is 3.87. The van der Waals surface area contributed by atoms with Gasteiger partial charge >= 0.3 is 0 Å². The summed E-state index contributed by atoms with van der Waals surface area (Å²) in [6.45, 7) is 4.47. The number of carbonyl (C=O) groups excluding carboxylic acids is 1. The Morgan fingerprint density at radius 1 is 1.17 bits per heavy atom. The fourth-order valence-electron chi connectivity index (χ4n) is 3.87. The molecule has 0 saturated carbocycles. The third-order valence-corrected chi connectivity index (χ3v) is 4.99. The Morgan fingerprint density at radius 3 is 2.74 bits per heavy atom. The first-order valence-corrected chi connectivity index (χ1v) is 8.18. The van der Waals surface area contributed by atoms with E-state index < -0.39 is 0 Å². The van der Waals surface area contributed by atoms with Crippen molar-refractivity contribution in [2.45, 2.75) is 44.9 Å². The lowest BCUT2D eigenvalue weighted by Crippen LogP contribution is -2.36. The average molecular weight is 311 g/mol. The lowest BCUT2D eigenvalue weighted by Gasteiger charge is -2.25. The van der Waals surface area contributed by atoms with E-state index in [-0.39, 0.29) is 5.91 Å². The summed E-state index contributed by atoms with van der Waals surface area (Å²) in [5.41, 5.74) is 1.15. The Balaban J connectivity index is 1.46. The lowest BCUT2D eigenvalue weighted by molar-refractivity contribution is -0.129. The van der Waals surface area contributed by atoms with Crippen LogP contribution in [-0.2, 0) is 17.9 Å². The van der Waals surface area contributed by atoms with Crippen LogP contribution in [0.3, 0.4) is 0 Å². The van der Waals surface area contributed by atoms with Crippen molar-refractivity contribution in [3.8, 4) is 0 Å². The van der Waals surface area contributed by atoms with Gasteiger partial charge in [-0.15, -0.1) is 0 Å². The van der Waals surface area contributed by atoms with E-state index in [0.717, 1.165) is 36.6 Å². The minimum Gasteiger partial charge on any atom is -0.465 e. The van der Waals surface area contributed by atoms with Gasteiger partial charge in [0.2, 0.25) is 5.91 Å². The van der Waals surface area contributed by atoms with Crippen molar-refractivity contribution in [1.29, 1.82) is 0 Å². The highest BCUT2D eigenvalue weighted by molar-refractivity contribution is 5.80. The molecule has 0 bridgehead atoms. The molecule has 23 heavy (non-hydrogen) atoms. The maximum atomic E-state index is 12.5. The van der Waals surface area contributed by atoms with Crippen molar-refractivity contribution in [2.75, 3.05) is 6.54 Å². The van der Waals surface area contributed by atoms with Gasteiger partial charge in [0, 0.05) is 44.0 Å². The number of fused-ring (bicyclic) bond motifs is 1. The van der Waals surface area contributed by atoms with Crippen LogP contribution in [0.25, 0.3) is 0 Å². The number of nitrogens with zero attached hydrogens (tertiary/aromatic N) is 3. The van der Waals surface area contributed by atoms with Crippen molar-refractivity contribution in [1.82, 2.24) is 14.8 Å². The van der Waals surface area contributed by atoms with Gasteiger partial charge in [0.05, 0.1) is 6.54 Å². The molecular weight excluding hydrogens is 290 g/mol. The van der Waals surface area contributed by atoms with E-state index in [1.54, 1.807) is 12.4 Å². The Kier molecular flexibility index (Phi) is 3.65. The first kappa shape index (κ1) is 14.5. The molecular formula is C18H21N3O2. The number of aryl methyl sites for hydroxylation is 1. The zero-order valence-electron chi connectivity index (χ0n) is 13.3. The average Bonchev–Trinajstić information content (AvgIpc) is 3.21. The summed E-state index contributed by atoms with van der Waals surface area (Å²) >= 11 is 0. The van der Waals surface area contributed by atoms with Gasteiger partial charge in [-0.1, -0.05) is 0 Å². The second kappa shape index (κ2) is 5.81. The van der Waals surface area contributed by atoms with Crippen LogP contribution in [0.1, 0.15) is 29.9 Å². The van der Waals surface area contributed by atoms with E-state index >= 15 is 0 Å². The lowest BCUT2D eigenvalue weighted by atomic mass is 10.1. The van der Waals surface area contributed by atoms with Crippen LogP contribution in [-0.4, -0.2) is 39.3 Å². The number of hydrogen-bond acceptors (Lipinski definition) is 4. The third kappa shape index (κ3) is 2.77. The molecule has 2 aliphatic rings. The van der Waals surface area contributed by atoms with Gasteiger partial charge in [0.15, 0.2) is 0 Å². The van der Waals surface area contributed by atoms with Crippen LogP contribution >= 0.6 is 0 Å². The number of carbonyl (C=O) groups is 1. The van der Waals surface area contributed by atoms with E-state index in [0.29, 0.717) is 25.0 Å². The molecule has 0 aromatic carbocycles. The molecule has 0 spiro atoms. The molecule has 120 valence electrons. The minimum absolute atomic E-state index is 0.261. The molecule has 2 aliphatic heterocycles. The molecule has 0 unspecified atom stereocenters. The van der Waals surface area contributed by atoms with Crippen molar-refractivity contribution in [3.05, 3.63) is 53.7 Å². The summed E-state index contributed by atoms with van der Waals surface area (Å²) in [6, 6.07) is 8.64. The molecule has 2 aromatic heterocycles. The molecule has 2 atom stereocenters. The SMILES string of the molecule is Cc1ccc(CN2CC[C@H]3[C@H]2CC(=O)N3Cc2ccncc2)o1. The predicted octanol–water partition coefficient (Wildman–Crippen LogP) is 2.36. The van der Waals surface area contributed by atoms with E-state index in [1.165, 1.54) is 0 Å². The molecule has 1 amide bonds. The maximum absolute atomic E-state index is 12.5. The van der Waals surface area contributed by atoms with Crippen molar-refractivity contribution in [3.63, 3.8) is 0 Å². The number of likely N-dealkylation sites (tertiary alicyclic amines) is 2. The topological polar surface area (TPSA) is 49.6 Å². The molecule has 4 heterocycles. The second-order valence-corrected chi connectivity index (χ2v) is 6.49. The molecule has 0 N–H and O–H groups in total. The van der Waals surface area contributed by atoms with E-state index in [9.17, 15) is 4.79 Å². The van der Waals surface area contributed by atoms with Crippen LogP contribution in [0, 0.1) is 6.92 Å². The Hall–Kier alpha value is -2.14. The van der Waals surface area contributed by atoms with E-state index in [4.69, 9.17) is 4.42 Å². The number of aromatic nitrogens is 1. The zero-order valence-corrected chi connectivity index (χ0v) is 13.3. The monoisotopic (exact) mass is 311 g/mol. The summed E-state index contributed by atoms with van der Waals surface area (Å²) in [5.74, 6) is 2.19. The summed E-state index contributed by atoms with van der Waals surface area (Å²) in [7, 11) is 0. The first-order valence-electron chi connectivity index (χ1n) is 8.18. The Bertz CT molecular complexity index is 697. The fraction of sp³-hybridized carbons (Fsp3) is 0.444. The quantitative estimate of drug-likeness (QED) is 0.870. The van der Waals surface area contributed by atoms with Gasteiger partial charge in [-0.2, -0.15) is 0 Å². The molecule has 0 aliphatic carbocycles. The molecule has 2 saturated heterocycles. The van der Waals surface area contributed by atoms with Gasteiger partial charge in [0.25, 0.3) is 0 Å². The summed E-state index contributed by atoms with van der Waals surface area (Å²) in [4.78, 5) is 20.9. The van der Waals surface area contributed by atoms with Gasteiger partial charge in [-0.05, 0) is 43.2 Å². The highest BCUT2D eigenvalue weighted by Crippen LogP contribution is 2.34. The summed E-state index contributed by atoms with van der Waals surface area (Å²) in [6.07, 6.45) is 5.23. The highest BCUT2D eigenvalue weighted by atomic mass is 16.3. The number of amides is 1. The molecule has 2 fully saturated rings. The zero-order chi connectivity index (χ0) is 15.8. The van der Waals surface area contributed by atoms with Crippen molar-refractivity contribution >= 4 is 5.91 Å². The largest absolute Gasteiger partial charge is 0.465 e. The normalized spacial score (nSPS) is 24.4. The van der Waals surface area contributed by atoms with Crippen molar-refractivity contribution in [2.24, 2.45) is 0 Å². The molecule has 4 rings (SSSR count). The summed E-state index contributed by atoms with van der Waals surface area (Å²) in [5, 5.41) is 0. The molecule has 5 nitrogen and oxygen atoms in total. The number of pyridine rings is 1. The third-order valence-electron chi connectivity index (χ3n) is 4.99. The standard InChI is InChI=1S/C18H21N3O2/c1-13-2-3-15(23-13)12-20-9-6-16-17(20)10-18(22)21(16)11-14-4-7-19-8-5-14/h2-5,7-8,16-17H,6,9-12H2,1H3/t16-,17+/m0/s1. The summed E-state index contributed by atoms with van der Waals surface area (Å²) < 4.78 is 5.70. The van der Waals surface area contributed by atoms with E-state index in [2.05, 4.69) is 9.88 Å². The second-order valence-electron chi connectivity index (χ2n) is 6.49. The smallest absolute Gasteiger partial charge is 0.224 e. The highest BCUT2D eigenvalue weighted by Gasteiger charge is 2.46. The van der Waals surface area contributed by atoms with E-state index in [1.807, 2.05) is 36.1 Å². The van der Waals surface area contributed by atoms with Gasteiger partial charge < -0.3 is 9.32 Å². The Labute approximate surface area is 135 Å². The molecule has 5 heteroatoms. The molecule has 2 aromatic rings. The van der Waals surface area contributed by atoms with Gasteiger partial charge in [-0.25, -0.2) is 0 Å². The minimum atomic E-state index is 0.261. The Morgan fingerprint density at radius 2 is 2.00 bits per heavy atom. The number of hydrogen-bond donors (Lipinski definition) is 0. The van der Waals surface area contributed by atoms with Crippen LogP contribution in [0.15, 0.2) is 41.1 Å². The number of furan rings is 1. The van der Waals surface area contributed by atoms with Gasteiger partial charge in [-0.3, -0.25) is 14.7 Å². The molecule has 0 radical (unpaired) electrons.